The number of rotatable bonds is 5. The molecule has 1 saturated carbocycles. The van der Waals surface area contributed by atoms with E-state index in [0.717, 1.165) is 51.1 Å². The molecule has 0 aromatic heterocycles. The smallest absolute Gasteiger partial charge is 0.166 e. The van der Waals surface area contributed by atoms with Crippen molar-refractivity contribution in [3.8, 4) is 0 Å². The lowest BCUT2D eigenvalue weighted by Gasteiger charge is -2.27. The monoisotopic (exact) mass is 340 g/mol. The Morgan fingerprint density at radius 3 is 2.36 bits per heavy atom. The molecule has 3 rings (SSSR count). The highest BCUT2D eigenvalue weighted by atomic mass is 16.1. The van der Waals surface area contributed by atoms with Crippen molar-refractivity contribution in [1.82, 2.24) is 10.2 Å². The Kier molecular flexibility index (Phi) is 6.16. The molecular formula is C21H28N2O2. The second-order valence-corrected chi connectivity index (χ2v) is 7.21. The van der Waals surface area contributed by atoms with Gasteiger partial charge in [-0.2, -0.15) is 0 Å². The van der Waals surface area contributed by atoms with Crippen molar-refractivity contribution in [2.45, 2.75) is 38.5 Å². The van der Waals surface area contributed by atoms with E-state index in [1.54, 1.807) is 0 Å². The van der Waals surface area contributed by atoms with Crippen LogP contribution < -0.4 is 5.32 Å². The van der Waals surface area contributed by atoms with Crippen LogP contribution in [0.25, 0.3) is 0 Å². The summed E-state index contributed by atoms with van der Waals surface area (Å²) in [6.07, 6.45) is 4.62. The molecule has 1 aliphatic heterocycles. The van der Waals surface area contributed by atoms with Crippen molar-refractivity contribution in [3.63, 3.8) is 0 Å². The van der Waals surface area contributed by atoms with Crippen LogP contribution in [0.5, 0.6) is 0 Å². The van der Waals surface area contributed by atoms with Crippen LogP contribution in [0.1, 0.15) is 42.7 Å². The summed E-state index contributed by atoms with van der Waals surface area (Å²) < 4.78 is 0. The Balaban J connectivity index is 1.52. The number of Topliss-reactive ketones (excluding diaryl/α,β-unsaturated/α-hetero) is 2. The van der Waals surface area contributed by atoms with Crippen LogP contribution in [0.15, 0.2) is 35.9 Å². The molecule has 0 spiro atoms. The fourth-order valence-electron chi connectivity index (χ4n) is 3.69. The van der Waals surface area contributed by atoms with Crippen molar-refractivity contribution in [1.29, 1.82) is 0 Å². The summed E-state index contributed by atoms with van der Waals surface area (Å²) in [6.45, 7) is 7.37. The highest BCUT2D eigenvalue weighted by molar-refractivity contribution is 6.22. The summed E-state index contributed by atoms with van der Waals surface area (Å²) in [5.41, 5.74) is 2.75. The molecule has 1 aromatic rings. The second-order valence-electron chi connectivity index (χ2n) is 7.21. The highest BCUT2D eigenvalue weighted by Gasteiger charge is 2.30. The average molecular weight is 340 g/mol. The van der Waals surface area contributed by atoms with E-state index in [4.69, 9.17) is 0 Å². The van der Waals surface area contributed by atoms with Gasteiger partial charge >= 0.3 is 0 Å². The molecule has 1 aliphatic carbocycles. The molecule has 134 valence electrons. The molecule has 0 radical (unpaired) electrons. The summed E-state index contributed by atoms with van der Waals surface area (Å²) in [4.78, 5) is 27.3. The molecule has 0 unspecified atom stereocenters. The number of nitrogens with one attached hydrogen (secondary N) is 1. The van der Waals surface area contributed by atoms with Crippen LogP contribution in [0.3, 0.4) is 0 Å². The second kappa shape index (κ2) is 8.54. The highest BCUT2D eigenvalue weighted by Crippen LogP contribution is 2.31. The minimum absolute atomic E-state index is 0.0176. The van der Waals surface area contributed by atoms with Gasteiger partial charge in [0.15, 0.2) is 11.6 Å². The van der Waals surface area contributed by atoms with Crippen LogP contribution >= 0.6 is 0 Å². The quantitative estimate of drug-likeness (QED) is 0.509. The zero-order valence-corrected chi connectivity index (χ0v) is 15.1. The molecule has 4 nitrogen and oxygen atoms in total. The molecular weight excluding hydrogens is 312 g/mol. The summed E-state index contributed by atoms with van der Waals surface area (Å²) in [5, 5.41) is 3.35. The maximum atomic E-state index is 12.4. The van der Waals surface area contributed by atoms with E-state index in [0.29, 0.717) is 18.4 Å². The Bertz CT molecular complexity index is 622. The van der Waals surface area contributed by atoms with E-state index >= 15 is 0 Å². The van der Waals surface area contributed by atoms with Gasteiger partial charge in [0.2, 0.25) is 0 Å². The lowest BCUT2D eigenvalue weighted by molar-refractivity contribution is -0.124. The van der Waals surface area contributed by atoms with E-state index in [-0.39, 0.29) is 17.5 Å². The first kappa shape index (κ1) is 18.0. The Hall–Kier alpha value is -1.78. The first-order valence-corrected chi connectivity index (χ1v) is 9.39. The maximum absolute atomic E-state index is 12.4. The van der Waals surface area contributed by atoms with Crippen LogP contribution in [-0.4, -0.2) is 49.2 Å². The van der Waals surface area contributed by atoms with Gasteiger partial charge in [-0.3, -0.25) is 9.59 Å². The van der Waals surface area contributed by atoms with Gasteiger partial charge in [0.05, 0.1) is 5.57 Å². The van der Waals surface area contributed by atoms with Gasteiger partial charge in [0, 0.05) is 39.0 Å². The molecule has 2 aliphatic rings. The first-order valence-electron chi connectivity index (χ1n) is 9.39. The van der Waals surface area contributed by atoms with E-state index < -0.39 is 0 Å². The predicted molar refractivity (Wildman–Crippen MR) is 99.8 cm³/mol. The topological polar surface area (TPSA) is 49.4 Å². The van der Waals surface area contributed by atoms with Crippen molar-refractivity contribution in [3.05, 3.63) is 47.0 Å². The van der Waals surface area contributed by atoms with Gasteiger partial charge in [-0.05, 0) is 37.8 Å². The molecule has 1 heterocycles. The molecule has 4 heteroatoms. The molecule has 2 fully saturated rings. The number of allylic oxidation sites excluding steroid dienone is 2. The Morgan fingerprint density at radius 2 is 1.72 bits per heavy atom. The summed E-state index contributed by atoms with van der Waals surface area (Å²) in [6, 6.07) is 8.18. The van der Waals surface area contributed by atoms with E-state index in [2.05, 4.69) is 10.2 Å². The van der Waals surface area contributed by atoms with E-state index in [9.17, 15) is 9.59 Å². The van der Waals surface area contributed by atoms with Crippen LogP contribution in [0.2, 0.25) is 0 Å². The third-order valence-electron chi connectivity index (χ3n) is 5.25. The summed E-state index contributed by atoms with van der Waals surface area (Å²) >= 11 is 0. The number of piperazine rings is 1. The first-order chi connectivity index (χ1) is 12.1. The van der Waals surface area contributed by atoms with Crippen molar-refractivity contribution in [2.75, 3.05) is 32.7 Å². The predicted octanol–water partition coefficient (Wildman–Crippen LogP) is 2.62. The van der Waals surface area contributed by atoms with E-state index in [1.165, 1.54) is 5.56 Å². The van der Waals surface area contributed by atoms with Crippen LogP contribution in [-0.2, 0) is 9.59 Å². The number of ketones is 2. The third-order valence-corrected chi connectivity index (χ3v) is 5.25. The number of hydrogen-bond acceptors (Lipinski definition) is 4. The summed E-state index contributed by atoms with van der Waals surface area (Å²) in [7, 11) is 0. The molecule has 25 heavy (non-hydrogen) atoms. The van der Waals surface area contributed by atoms with Gasteiger partial charge < -0.3 is 10.2 Å². The minimum Gasteiger partial charge on any atom is -0.314 e. The Morgan fingerprint density at radius 1 is 1.08 bits per heavy atom. The SMILES string of the molecule is Cc1ccc(C2CC(=O)C(=CCCCN3CCNCC3)C(=O)C2)cc1. The number of aryl methyl sites for hydroxylation is 1. The van der Waals surface area contributed by atoms with Crippen molar-refractivity contribution in [2.24, 2.45) is 0 Å². The summed E-state index contributed by atoms with van der Waals surface area (Å²) in [5.74, 6) is 0.0756. The lowest BCUT2D eigenvalue weighted by atomic mass is 9.79. The average Bonchev–Trinajstić information content (AvgIpc) is 2.62. The largest absolute Gasteiger partial charge is 0.314 e. The number of hydrogen-bond donors (Lipinski definition) is 1. The molecule has 1 N–H and O–H groups in total. The van der Waals surface area contributed by atoms with Crippen molar-refractivity contribution >= 4 is 11.6 Å². The van der Waals surface area contributed by atoms with Gasteiger partial charge in [0.1, 0.15) is 0 Å². The number of benzene rings is 1. The van der Waals surface area contributed by atoms with Gasteiger partial charge in [-0.1, -0.05) is 35.9 Å². The zero-order valence-electron chi connectivity index (χ0n) is 15.1. The number of unbranched alkanes of at least 4 members (excludes halogenated alkanes) is 1. The molecule has 1 aromatic carbocycles. The molecule has 0 atom stereocenters. The van der Waals surface area contributed by atoms with Crippen LogP contribution in [0.4, 0.5) is 0 Å². The van der Waals surface area contributed by atoms with Gasteiger partial charge in [-0.15, -0.1) is 0 Å². The maximum Gasteiger partial charge on any atom is 0.166 e. The minimum atomic E-state index is 0.0176. The Labute approximate surface area is 150 Å². The van der Waals surface area contributed by atoms with E-state index in [1.807, 2.05) is 37.3 Å². The zero-order chi connectivity index (χ0) is 17.6. The lowest BCUT2D eigenvalue weighted by Crippen LogP contribution is -2.43. The standard InChI is InChI=1S/C21H28N2O2/c1-16-5-7-17(8-6-16)18-14-20(24)19(21(25)15-18)4-2-3-11-23-12-9-22-10-13-23/h4-8,18,22H,2-3,9-15H2,1H3. The van der Waals surface area contributed by atoms with Gasteiger partial charge in [0.25, 0.3) is 0 Å². The molecule has 1 saturated heterocycles. The number of carbonyl (C=O) groups excluding carboxylic acids is 2. The van der Waals surface area contributed by atoms with Gasteiger partial charge in [-0.25, -0.2) is 0 Å². The number of carbonyl (C=O) groups is 2. The normalized spacial score (nSPS) is 22.3. The molecule has 0 bridgehead atoms. The fourth-order valence-corrected chi connectivity index (χ4v) is 3.69. The fraction of sp³-hybridized carbons (Fsp3) is 0.524. The number of nitrogens with zero attached hydrogens (tertiary/aromatic N) is 1. The van der Waals surface area contributed by atoms with Crippen LogP contribution in [0, 0.1) is 6.92 Å². The third kappa shape index (κ3) is 4.86. The van der Waals surface area contributed by atoms with Crippen molar-refractivity contribution < 1.29 is 9.59 Å². The molecule has 0 amide bonds.